The second kappa shape index (κ2) is 6.94. The standard InChI is InChI=1S/C15H14BrN3O/c16-12-6-11(10-18)7-14(8-12)19-13-2-1-3-15(9-13)20-5-4-17/h1-3,6-9,19H,4-5,17H2. The highest BCUT2D eigenvalue weighted by Crippen LogP contribution is 2.25. The molecule has 0 saturated heterocycles. The van der Waals surface area contributed by atoms with Gasteiger partial charge in [0, 0.05) is 28.5 Å². The minimum Gasteiger partial charge on any atom is -0.492 e. The molecule has 0 bridgehead atoms. The largest absolute Gasteiger partial charge is 0.492 e. The van der Waals surface area contributed by atoms with Gasteiger partial charge in [-0.3, -0.25) is 0 Å². The monoisotopic (exact) mass is 331 g/mol. The second-order valence-electron chi connectivity index (χ2n) is 4.13. The van der Waals surface area contributed by atoms with E-state index in [0.29, 0.717) is 18.7 Å². The van der Waals surface area contributed by atoms with Crippen molar-refractivity contribution < 1.29 is 4.74 Å². The molecule has 0 saturated carbocycles. The van der Waals surface area contributed by atoms with Crippen molar-refractivity contribution in [3.8, 4) is 11.8 Å². The van der Waals surface area contributed by atoms with Gasteiger partial charge in [-0.25, -0.2) is 0 Å². The Morgan fingerprint density at radius 1 is 1.20 bits per heavy atom. The number of nitrogens with one attached hydrogen (secondary N) is 1. The molecule has 0 amide bonds. The number of nitrogens with two attached hydrogens (primary N) is 1. The molecule has 5 heteroatoms. The van der Waals surface area contributed by atoms with Crippen LogP contribution in [-0.2, 0) is 0 Å². The molecular formula is C15H14BrN3O. The molecule has 0 aliphatic heterocycles. The molecule has 0 atom stereocenters. The number of halogens is 1. The maximum absolute atomic E-state index is 8.96. The number of benzene rings is 2. The van der Waals surface area contributed by atoms with Crippen LogP contribution in [0.3, 0.4) is 0 Å². The summed E-state index contributed by atoms with van der Waals surface area (Å²) in [5, 5.41) is 12.2. The first kappa shape index (κ1) is 14.4. The SMILES string of the molecule is N#Cc1cc(Br)cc(Nc2cccc(OCCN)c2)c1. The van der Waals surface area contributed by atoms with Gasteiger partial charge in [0.05, 0.1) is 11.6 Å². The first-order valence-electron chi connectivity index (χ1n) is 6.12. The average Bonchev–Trinajstić information content (AvgIpc) is 2.45. The zero-order valence-electron chi connectivity index (χ0n) is 10.8. The number of nitrogens with zero attached hydrogens (tertiary/aromatic N) is 1. The van der Waals surface area contributed by atoms with Gasteiger partial charge in [-0.2, -0.15) is 5.26 Å². The van der Waals surface area contributed by atoms with Crippen molar-refractivity contribution in [2.45, 2.75) is 0 Å². The van der Waals surface area contributed by atoms with Crippen molar-refractivity contribution in [3.05, 3.63) is 52.5 Å². The third-order valence-electron chi connectivity index (χ3n) is 2.54. The third kappa shape index (κ3) is 3.98. The van der Waals surface area contributed by atoms with Gasteiger partial charge in [-0.15, -0.1) is 0 Å². The van der Waals surface area contributed by atoms with Crippen LogP contribution in [0.1, 0.15) is 5.56 Å². The van der Waals surface area contributed by atoms with Gasteiger partial charge in [0.1, 0.15) is 12.4 Å². The molecule has 4 nitrogen and oxygen atoms in total. The van der Waals surface area contributed by atoms with Crippen molar-refractivity contribution in [3.63, 3.8) is 0 Å². The molecule has 102 valence electrons. The lowest BCUT2D eigenvalue weighted by atomic mass is 10.2. The Kier molecular flexibility index (Phi) is 4.99. The number of rotatable bonds is 5. The van der Waals surface area contributed by atoms with Crippen LogP contribution in [0.5, 0.6) is 5.75 Å². The smallest absolute Gasteiger partial charge is 0.121 e. The van der Waals surface area contributed by atoms with E-state index in [1.54, 1.807) is 12.1 Å². The summed E-state index contributed by atoms with van der Waals surface area (Å²) in [6.45, 7) is 0.966. The summed E-state index contributed by atoms with van der Waals surface area (Å²) in [6.07, 6.45) is 0. The molecule has 0 heterocycles. The topological polar surface area (TPSA) is 71.1 Å². The Morgan fingerprint density at radius 2 is 2.05 bits per heavy atom. The summed E-state index contributed by atoms with van der Waals surface area (Å²) in [5.41, 5.74) is 7.73. The molecule has 0 aliphatic rings. The number of nitriles is 1. The van der Waals surface area contributed by atoms with Crippen LogP contribution in [0.25, 0.3) is 0 Å². The van der Waals surface area contributed by atoms with Crippen molar-refractivity contribution >= 4 is 27.3 Å². The predicted molar refractivity (Wildman–Crippen MR) is 83.1 cm³/mol. The summed E-state index contributed by atoms with van der Waals surface area (Å²) in [5.74, 6) is 0.760. The van der Waals surface area contributed by atoms with E-state index in [1.807, 2.05) is 30.3 Å². The van der Waals surface area contributed by atoms with Crippen LogP contribution in [-0.4, -0.2) is 13.2 Å². The minimum atomic E-state index is 0.481. The van der Waals surface area contributed by atoms with Crippen LogP contribution in [0, 0.1) is 11.3 Å². The lowest BCUT2D eigenvalue weighted by Crippen LogP contribution is -2.10. The van der Waals surface area contributed by atoms with Crippen molar-refractivity contribution in [1.29, 1.82) is 5.26 Å². The molecule has 20 heavy (non-hydrogen) atoms. The van der Waals surface area contributed by atoms with E-state index in [4.69, 9.17) is 15.7 Å². The molecule has 0 spiro atoms. The quantitative estimate of drug-likeness (QED) is 0.880. The highest BCUT2D eigenvalue weighted by molar-refractivity contribution is 9.10. The number of anilines is 2. The molecule has 3 N–H and O–H groups in total. The fraction of sp³-hybridized carbons (Fsp3) is 0.133. The summed E-state index contributed by atoms with van der Waals surface area (Å²) in [4.78, 5) is 0. The lowest BCUT2D eigenvalue weighted by Gasteiger charge is -2.10. The fourth-order valence-corrected chi connectivity index (χ4v) is 2.23. The number of hydrogen-bond donors (Lipinski definition) is 2. The number of ether oxygens (including phenoxy) is 1. The van der Waals surface area contributed by atoms with Crippen LogP contribution < -0.4 is 15.8 Å². The van der Waals surface area contributed by atoms with Gasteiger partial charge in [0.2, 0.25) is 0 Å². The van der Waals surface area contributed by atoms with E-state index in [-0.39, 0.29) is 0 Å². The van der Waals surface area contributed by atoms with Crippen molar-refractivity contribution in [1.82, 2.24) is 0 Å². The molecule has 2 aromatic rings. The van der Waals surface area contributed by atoms with E-state index >= 15 is 0 Å². The van der Waals surface area contributed by atoms with Gasteiger partial charge in [0.15, 0.2) is 0 Å². The molecule has 0 fully saturated rings. The molecule has 0 unspecified atom stereocenters. The van der Waals surface area contributed by atoms with E-state index in [9.17, 15) is 0 Å². The first-order chi connectivity index (χ1) is 9.71. The minimum absolute atomic E-state index is 0.481. The maximum Gasteiger partial charge on any atom is 0.121 e. The molecule has 0 radical (unpaired) electrons. The predicted octanol–water partition coefficient (Wildman–Crippen LogP) is 3.40. The Hall–Kier alpha value is -2.03. The molecule has 0 aliphatic carbocycles. The summed E-state index contributed by atoms with van der Waals surface area (Å²) >= 11 is 3.39. The fourth-order valence-electron chi connectivity index (χ4n) is 1.73. The Morgan fingerprint density at radius 3 is 2.80 bits per heavy atom. The molecule has 2 aromatic carbocycles. The van der Waals surface area contributed by atoms with E-state index in [1.165, 1.54) is 0 Å². The maximum atomic E-state index is 8.96. The van der Waals surface area contributed by atoms with Crippen molar-refractivity contribution in [2.75, 3.05) is 18.5 Å². The summed E-state index contributed by atoms with van der Waals surface area (Å²) in [7, 11) is 0. The van der Waals surface area contributed by atoms with Gasteiger partial charge in [0.25, 0.3) is 0 Å². The van der Waals surface area contributed by atoms with E-state index in [0.717, 1.165) is 21.6 Å². The van der Waals surface area contributed by atoms with E-state index < -0.39 is 0 Å². The average molecular weight is 332 g/mol. The van der Waals surface area contributed by atoms with Gasteiger partial charge >= 0.3 is 0 Å². The van der Waals surface area contributed by atoms with Gasteiger partial charge in [-0.1, -0.05) is 22.0 Å². The molecule has 2 rings (SSSR count). The Balaban J connectivity index is 2.17. The summed E-state index contributed by atoms with van der Waals surface area (Å²) < 4.78 is 6.33. The second-order valence-corrected chi connectivity index (χ2v) is 5.05. The Labute approximate surface area is 126 Å². The van der Waals surface area contributed by atoms with Crippen LogP contribution in [0.4, 0.5) is 11.4 Å². The molecular weight excluding hydrogens is 318 g/mol. The first-order valence-corrected chi connectivity index (χ1v) is 6.91. The zero-order valence-corrected chi connectivity index (χ0v) is 12.4. The van der Waals surface area contributed by atoms with Gasteiger partial charge in [-0.05, 0) is 30.3 Å². The van der Waals surface area contributed by atoms with E-state index in [2.05, 4.69) is 27.3 Å². The Bertz CT molecular complexity index is 637. The lowest BCUT2D eigenvalue weighted by molar-refractivity contribution is 0.328. The normalized spacial score (nSPS) is 9.85. The highest BCUT2D eigenvalue weighted by Gasteiger charge is 2.01. The van der Waals surface area contributed by atoms with Crippen LogP contribution >= 0.6 is 15.9 Å². The third-order valence-corrected chi connectivity index (χ3v) is 2.99. The number of hydrogen-bond acceptors (Lipinski definition) is 4. The van der Waals surface area contributed by atoms with Crippen molar-refractivity contribution in [2.24, 2.45) is 5.73 Å². The summed E-state index contributed by atoms with van der Waals surface area (Å²) in [6, 6.07) is 15.2. The van der Waals surface area contributed by atoms with Gasteiger partial charge < -0.3 is 15.8 Å². The zero-order chi connectivity index (χ0) is 14.4. The van der Waals surface area contributed by atoms with Crippen LogP contribution in [0.2, 0.25) is 0 Å². The molecule has 0 aromatic heterocycles. The van der Waals surface area contributed by atoms with Crippen LogP contribution in [0.15, 0.2) is 46.9 Å². The highest BCUT2D eigenvalue weighted by atomic mass is 79.9.